The van der Waals surface area contributed by atoms with E-state index in [2.05, 4.69) is 15.3 Å². The van der Waals surface area contributed by atoms with Crippen LogP contribution < -0.4 is 5.32 Å². The average Bonchev–Trinajstić information content (AvgIpc) is 3.09. The number of nitrogens with zero attached hydrogens (tertiary/aromatic N) is 5. The van der Waals surface area contributed by atoms with Crippen molar-refractivity contribution in [3.05, 3.63) is 52.4 Å². The summed E-state index contributed by atoms with van der Waals surface area (Å²) >= 11 is 0. The molecule has 2 N–H and O–H groups in total. The number of hydrogen-bond donors (Lipinski definition) is 2. The van der Waals surface area contributed by atoms with Gasteiger partial charge in [0, 0.05) is 50.3 Å². The minimum Gasteiger partial charge on any atom is -0.393 e. The van der Waals surface area contributed by atoms with Gasteiger partial charge in [-0.3, -0.25) is 9.48 Å². The molecule has 32 heavy (non-hydrogen) atoms. The van der Waals surface area contributed by atoms with Crippen LogP contribution in [0.5, 0.6) is 0 Å². The van der Waals surface area contributed by atoms with Gasteiger partial charge in [0.15, 0.2) is 0 Å². The maximum absolute atomic E-state index is 13.6. The number of hydrogen-bond acceptors (Lipinski definition) is 4. The van der Waals surface area contributed by atoms with Gasteiger partial charge in [-0.15, -0.1) is 0 Å². The number of anilines is 1. The summed E-state index contributed by atoms with van der Waals surface area (Å²) in [5, 5.41) is 17.7. The molecule has 0 unspecified atom stereocenters. The molecule has 0 aliphatic carbocycles. The summed E-state index contributed by atoms with van der Waals surface area (Å²) in [4.78, 5) is 32.2. The number of benzene rings is 1. The standard InChI is InChI=1S/C22H25FN6O3/c1-4-19(30)13-10-27(3)21(31)20-15-12-28(8-7-17(15)26-29(20)11-13)22(32)25-14-5-6-16(23)18(9-14)24-2/h5-6,9,13,19,30H,4,7-8,10-12H2,1,3H3,(H,25,32)/t13-,19+/m0/s1. The van der Waals surface area contributed by atoms with Crippen LogP contribution in [0.15, 0.2) is 18.2 Å². The average molecular weight is 440 g/mol. The van der Waals surface area contributed by atoms with E-state index in [0.717, 1.165) is 17.3 Å². The highest BCUT2D eigenvalue weighted by molar-refractivity contribution is 5.95. The van der Waals surface area contributed by atoms with Crippen LogP contribution in [0.4, 0.5) is 20.6 Å². The van der Waals surface area contributed by atoms with E-state index in [-0.39, 0.29) is 24.1 Å². The summed E-state index contributed by atoms with van der Waals surface area (Å²) in [5.74, 6) is -0.935. The predicted octanol–water partition coefficient (Wildman–Crippen LogP) is 2.64. The first-order valence-electron chi connectivity index (χ1n) is 10.6. The Balaban J connectivity index is 1.57. The normalized spacial score (nSPS) is 19.0. The van der Waals surface area contributed by atoms with Crippen molar-refractivity contribution >= 4 is 23.3 Å². The lowest BCUT2D eigenvalue weighted by Gasteiger charge is -2.27. The Morgan fingerprint density at radius 2 is 2.22 bits per heavy atom. The van der Waals surface area contributed by atoms with Gasteiger partial charge >= 0.3 is 6.03 Å². The van der Waals surface area contributed by atoms with Gasteiger partial charge in [0.2, 0.25) is 5.69 Å². The number of rotatable bonds is 3. The quantitative estimate of drug-likeness (QED) is 0.718. The fourth-order valence-corrected chi connectivity index (χ4v) is 4.32. The molecule has 168 valence electrons. The maximum atomic E-state index is 13.6. The number of aromatic nitrogens is 2. The molecular formula is C22H25FN6O3. The summed E-state index contributed by atoms with van der Waals surface area (Å²) < 4.78 is 15.2. The lowest BCUT2D eigenvalue weighted by molar-refractivity contribution is 0.0626. The van der Waals surface area contributed by atoms with Gasteiger partial charge < -0.3 is 20.2 Å². The molecule has 1 aromatic carbocycles. The summed E-state index contributed by atoms with van der Waals surface area (Å²) in [6.45, 7) is 10.4. The summed E-state index contributed by atoms with van der Waals surface area (Å²) in [7, 11) is 1.71. The summed E-state index contributed by atoms with van der Waals surface area (Å²) in [6, 6.07) is 3.44. The second-order valence-electron chi connectivity index (χ2n) is 8.26. The van der Waals surface area contributed by atoms with Gasteiger partial charge in [0.05, 0.1) is 24.9 Å². The van der Waals surface area contributed by atoms with Crippen LogP contribution in [-0.2, 0) is 19.5 Å². The van der Waals surface area contributed by atoms with E-state index in [1.54, 1.807) is 21.5 Å². The monoisotopic (exact) mass is 440 g/mol. The van der Waals surface area contributed by atoms with Gasteiger partial charge in [-0.2, -0.15) is 5.10 Å². The van der Waals surface area contributed by atoms with Crippen LogP contribution in [0.2, 0.25) is 0 Å². The highest BCUT2D eigenvalue weighted by Gasteiger charge is 2.36. The number of nitrogens with one attached hydrogen (secondary N) is 1. The molecule has 0 saturated carbocycles. The minimum atomic E-state index is -0.641. The number of aliphatic hydroxyl groups excluding tert-OH is 1. The topological polar surface area (TPSA) is 95.1 Å². The van der Waals surface area contributed by atoms with Crippen molar-refractivity contribution in [1.82, 2.24) is 19.6 Å². The molecule has 0 spiro atoms. The van der Waals surface area contributed by atoms with Gasteiger partial charge in [-0.25, -0.2) is 14.0 Å². The number of urea groups is 1. The van der Waals surface area contributed by atoms with Crippen molar-refractivity contribution in [2.24, 2.45) is 5.92 Å². The predicted molar refractivity (Wildman–Crippen MR) is 115 cm³/mol. The van der Waals surface area contributed by atoms with Crippen LogP contribution in [0.3, 0.4) is 0 Å². The maximum Gasteiger partial charge on any atom is 0.322 e. The highest BCUT2D eigenvalue weighted by atomic mass is 19.1. The molecule has 0 fully saturated rings. The van der Waals surface area contributed by atoms with E-state index in [1.807, 2.05) is 6.92 Å². The third kappa shape index (κ3) is 3.91. The van der Waals surface area contributed by atoms with Crippen molar-refractivity contribution in [2.45, 2.75) is 39.0 Å². The molecule has 2 atom stereocenters. The van der Waals surface area contributed by atoms with E-state index in [0.29, 0.717) is 43.9 Å². The first kappa shape index (κ1) is 21.8. The zero-order chi connectivity index (χ0) is 23.0. The smallest absolute Gasteiger partial charge is 0.322 e. The molecule has 0 bridgehead atoms. The zero-order valence-corrected chi connectivity index (χ0v) is 18.0. The Kier molecular flexibility index (Phi) is 5.84. The lowest BCUT2D eigenvalue weighted by Crippen LogP contribution is -2.40. The summed E-state index contributed by atoms with van der Waals surface area (Å²) in [5.41, 5.74) is 2.13. The second kappa shape index (κ2) is 8.59. The molecule has 9 nitrogen and oxygen atoms in total. The fourth-order valence-electron chi connectivity index (χ4n) is 4.32. The SMILES string of the molecule is [C-]#[N+]c1cc(NC(=O)N2CCc3nn4c(c3C2)C(=O)N(C)C[C@H]([C@H](O)CC)C4)ccc1F. The molecule has 0 saturated heterocycles. The second-order valence-corrected chi connectivity index (χ2v) is 8.26. The molecule has 10 heteroatoms. The van der Waals surface area contributed by atoms with Crippen LogP contribution in [0, 0.1) is 18.3 Å². The largest absolute Gasteiger partial charge is 0.393 e. The Bertz CT molecular complexity index is 1110. The number of fused-ring (bicyclic) bond motifs is 3. The van der Waals surface area contributed by atoms with Crippen LogP contribution in [0.25, 0.3) is 4.85 Å². The molecule has 2 aromatic rings. The molecule has 3 amide bonds. The first-order valence-corrected chi connectivity index (χ1v) is 10.6. The van der Waals surface area contributed by atoms with Gasteiger partial charge in [0.25, 0.3) is 5.91 Å². The van der Waals surface area contributed by atoms with Gasteiger partial charge in [0.1, 0.15) is 11.5 Å². The van der Waals surface area contributed by atoms with Crippen molar-refractivity contribution in [2.75, 3.05) is 25.5 Å². The number of carbonyl (C=O) groups excluding carboxylic acids is 2. The van der Waals surface area contributed by atoms with E-state index in [9.17, 15) is 19.1 Å². The van der Waals surface area contributed by atoms with Crippen LogP contribution in [0.1, 0.15) is 35.1 Å². The molecular weight excluding hydrogens is 415 g/mol. The fraction of sp³-hybridized carbons (Fsp3) is 0.455. The first-order chi connectivity index (χ1) is 15.3. The lowest BCUT2D eigenvalue weighted by atomic mass is 10.0. The highest BCUT2D eigenvalue weighted by Crippen LogP contribution is 2.28. The Morgan fingerprint density at radius 3 is 2.94 bits per heavy atom. The van der Waals surface area contributed by atoms with Crippen LogP contribution in [-0.4, -0.2) is 62.9 Å². The van der Waals surface area contributed by atoms with Gasteiger partial charge in [-0.05, 0) is 24.6 Å². The minimum absolute atomic E-state index is 0.119. The van der Waals surface area contributed by atoms with E-state index < -0.39 is 18.0 Å². The van der Waals surface area contributed by atoms with E-state index in [1.165, 1.54) is 12.1 Å². The van der Waals surface area contributed by atoms with Crippen molar-refractivity contribution in [1.29, 1.82) is 0 Å². The molecule has 2 aliphatic heterocycles. The number of carbonyl (C=O) groups is 2. The third-order valence-electron chi connectivity index (χ3n) is 6.13. The number of aliphatic hydroxyl groups is 1. The molecule has 3 heterocycles. The number of halogens is 1. The molecule has 0 radical (unpaired) electrons. The zero-order valence-electron chi connectivity index (χ0n) is 18.0. The van der Waals surface area contributed by atoms with Crippen molar-refractivity contribution in [3.63, 3.8) is 0 Å². The Morgan fingerprint density at radius 1 is 1.44 bits per heavy atom. The van der Waals surface area contributed by atoms with E-state index >= 15 is 0 Å². The number of amides is 3. The molecule has 1 aromatic heterocycles. The summed E-state index contributed by atoms with van der Waals surface area (Å²) in [6.07, 6.45) is 0.559. The van der Waals surface area contributed by atoms with Crippen LogP contribution >= 0.6 is 0 Å². The van der Waals surface area contributed by atoms with Crippen molar-refractivity contribution in [3.8, 4) is 0 Å². The van der Waals surface area contributed by atoms with Gasteiger partial charge in [-0.1, -0.05) is 6.92 Å². The van der Waals surface area contributed by atoms with Crippen molar-refractivity contribution < 1.29 is 19.1 Å². The third-order valence-corrected chi connectivity index (χ3v) is 6.13. The molecule has 4 rings (SSSR count). The Labute approximate surface area is 185 Å². The molecule has 2 aliphatic rings. The van der Waals surface area contributed by atoms with E-state index in [4.69, 9.17) is 6.57 Å². The Hall–Kier alpha value is -3.45.